The van der Waals surface area contributed by atoms with E-state index < -0.39 is 0 Å². The largest absolute Gasteiger partial charge is 0.372 e. The summed E-state index contributed by atoms with van der Waals surface area (Å²) in [6, 6.07) is 13.4. The lowest BCUT2D eigenvalue weighted by molar-refractivity contribution is -0.117. The molecule has 1 heterocycles. The number of hydrogen-bond donors (Lipinski definition) is 2. The third-order valence-corrected chi connectivity index (χ3v) is 5.39. The van der Waals surface area contributed by atoms with Crippen molar-refractivity contribution in [2.75, 3.05) is 34.8 Å². The first kappa shape index (κ1) is 20.7. The SMILES string of the molecule is CCN(CC)c1ccc(NC(=O)NC2CC(=O)N(c3ccc(C)cc3)C2)c(C)c1. The molecule has 3 rings (SSSR count). The molecule has 0 bridgehead atoms. The van der Waals surface area contributed by atoms with Crippen LogP contribution in [-0.4, -0.2) is 37.6 Å². The Morgan fingerprint density at radius 1 is 1.10 bits per heavy atom. The van der Waals surface area contributed by atoms with Crippen molar-refractivity contribution < 1.29 is 9.59 Å². The summed E-state index contributed by atoms with van der Waals surface area (Å²) in [6.07, 6.45) is 0.307. The van der Waals surface area contributed by atoms with Crippen molar-refractivity contribution in [1.82, 2.24) is 5.32 Å². The number of carbonyl (C=O) groups is 2. The van der Waals surface area contributed by atoms with E-state index in [0.29, 0.717) is 13.0 Å². The molecule has 3 amide bonds. The maximum Gasteiger partial charge on any atom is 0.319 e. The van der Waals surface area contributed by atoms with Gasteiger partial charge in [0.1, 0.15) is 0 Å². The summed E-state index contributed by atoms with van der Waals surface area (Å²) in [6.45, 7) is 10.6. The normalized spacial score (nSPS) is 16.1. The number of nitrogens with zero attached hydrogens (tertiary/aromatic N) is 2. The molecule has 0 saturated carbocycles. The minimum Gasteiger partial charge on any atom is -0.372 e. The van der Waals surface area contributed by atoms with Crippen LogP contribution in [-0.2, 0) is 4.79 Å². The minimum absolute atomic E-state index is 0.0268. The maximum atomic E-state index is 12.5. The van der Waals surface area contributed by atoms with Gasteiger partial charge in [-0.25, -0.2) is 4.79 Å². The van der Waals surface area contributed by atoms with Gasteiger partial charge in [0.05, 0.1) is 6.04 Å². The second kappa shape index (κ2) is 8.99. The molecule has 1 aliphatic rings. The number of aryl methyl sites for hydroxylation is 2. The smallest absolute Gasteiger partial charge is 0.319 e. The van der Waals surface area contributed by atoms with Crippen molar-refractivity contribution in [2.24, 2.45) is 0 Å². The summed E-state index contributed by atoms with van der Waals surface area (Å²) in [5, 5.41) is 5.85. The molecule has 6 nitrogen and oxygen atoms in total. The van der Waals surface area contributed by atoms with Crippen LogP contribution in [0.4, 0.5) is 21.9 Å². The highest BCUT2D eigenvalue weighted by Gasteiger charge is 2.31. The fraction of sp³-hybridized carbons (Fsp3) is 0.391. The summed E-state index contributed by atoms with van der Waals surface area (Å²) in [5.41, 5.74) is 4.95. The summed E-state index contributed by atoms with van der Waals surface area (Å²) < 4.78 is 0. The first-order chi connectivity index (χ1) is 13.9. The van der Waals surface area contributed by atoms with E-state index in [9.17, 15) is 9.59 Å². The molecule has 1 saturated heterocycles. The molecule has 1 fully saturated rings. The number of urea groups is 1. The van der Waals surface area contributed by atoms with Crippen molar-refractivity contribution in [3.05, 3.63) is 53.6 Å². The zero-order chi connectivity index (χ0) is 21.0. The highest BCUT2D eigenvalue weighted by molar-refractivity contribution is 5.97. The van der Waals surface area contributed by atoms with Crippen LogP contribution >= 0.6 is 0 Å². The fourth-order valence-electron chi connectivity index (χ4n) is 3.70. The molecule has 0 aromatic heterocycles. The Hall–Kier alpha value is -3.02. The van der Waals surface area contributed by atoms with Crippen molar-refractivity contribution in [1.29, 1.82) is 0 Å². The summed E-state index contributed by atoms with van der Waals surface area (Å²) in [7, 11) is 0. The van der Waals surface area contributed by atoms with Crippen LogP contribution in [0.3, 0.4) is 0 Å². The second-order valence-electron chi connectivity index (χ2n) is 7.51. The predicted octanol–water partition coefficient (Wildman–Crippen LogP) is 4.08. The van der Waals surface area contributed by atoms with E-state index in [2.05, 4.69) is 35.4 Å². The van der Waals surface area contributed by atoms with Crippen molar-refractivity contribution in [2.45, 2.75) is 40.2 Å². The van der Waals surface area contributed by atoms with Gasteiger partial charge in [-0.3, -0.25) is 4.79 Å². The van der Waals surface area contributed by atoms with Gasteiger partial charge in [0, 0.05) is 43.1 Å². The molecule has 1 atom stereocenters. The molecule has 2 aromatic rings. The lowest BCUT2D eigenvalue weighted by Crippen LogP contribution is -2.39. The Labute approximate surface area is 172 Å². The zero-order valence-corrected chi connectivity index (χ0v) is 17.7. The summed E-state index contributed by atoms with van der Waals surface area (Å²) in [5.74, 6) is 0.0268. The molecule has 2 N–H and O–H groups in total. The minimum atomic E-state index is -0.285. The fourth-order valence-corrected chi connectivity index (χ4v) is 3.70. The van der Waals surface area contributed by atoms with E-state index in [4.69, 9.17) is 0 Å². The molecule has 0 aliphatic carbocycles. The Bertz CT molecular complexity index is 875. The molecule has 1 aliphatic heterocycles. The number of anilines is 3. The number of amides is 3. The van der Waals surface area contributed by atoms with Gasteiger partial charge >= 0.3 is 6.03 Å². The lowest BCUT2D eigenvalue weighted by atomic mass is 10.1. The molecular weight excluding hydrogens is 364 g/mol. The van der Waals surface area contributed by atoms with Gasteiger partial charge in [0.15, 0.2) is 0 Å². The van der Waals surface area contributed by atoms with Crippen LogP contribution in [0.2, 0.25) is 0 Å². The highest BCUT2D eigenvalue weighted by atomic mass is 16.2. The molecule has 0 radical (unpaired) electrons. The van der Waals surface area contributed by atoms with Gasteiger partial charge in [0.25, 0.3) is 0 Å². The van der Waals surface area contributed by atoms with Crippen LogP contribution in [0, 0.1) is 13.8 Å². The molecule has 154 valence electrons. The van der Waals surface area contributed by atoms with Gasteiger partial charge in [-0.1, -0.05) is 17.7 Å². The van der Waals surface area contributed by atoms with E-state index in [1.165, 1.54) is 0 Å². The monoisotopic (exact) mass is 394 g/mol. The first-order valence-corrected chi connectivity index (χ1v) is 10.2. The van der Waals surface area contributed by atoms with Gasteiger partial charge in [-0.15, -0.1) is 0 Å². The Morgan fingerprint density at radius 2 is 1.79 bits per heavy atom. The number of rotatable bonds is 6. The van der Waals surface area contributed by atoms with E-state index in [0.717, 1.165) is 41.3 Å². The van der Waals surface area contributed by atoms with E-state index in [1.807, 2.05) is 50.2 Å². The Balaban J connectivity index is 1.60. The molecule has 6 heteroatoms. The van der Waals surface area contributed by atoms with E-state index >= 15 is 0 Å². The Kier molecular flexibility index (Phi) is 6.42. The molecule has 2 aromatic carbocycles. The van der Waals surface area contributed by atoms with Crippen LogP contribution < -0.4 is 20.4 Å². The summed E-state index contributed by atoms with van der Waals surface area (Å²) in [4.78, 5) is 28.9. The average molecular weight is 395 g/mol. The van der Waals surface area contributed by atoms with Crippen LogP contribution in [0.5, 0.6) is 0 Å². The van der Waals surface area contributed by atoms with E-state index in [1.54, 1.807) is 4.90 Å². The van der Waals surface area contributed by atoms with Crippen LogP contribution in [0.1, 0.15) is 31.4 Å². The highest BCUT2D eigenvalue weighted by Crippen LogP contribution is 2.24. The van der Waals surface area contributed by atoms with Crippen LogP contribution in [0.25, 0.3) is 0 Å². The topological polar surface area (TPSA) is 64.7 Å². The average Bonchev–Trinajstić information content (AvgIpc) is 3.05. The number of benzene rings is 2. The third kappa shape index (κ3) is 4.88. The summed E-state index contributed by atoms with van der Waals surface area (Å²) >= 11 is 0. The molecule has 0 spiro atoms. The molecule has 29 heavy (non-hydrogen) atoms. The Morgan fingerprint density at radius 3 is 2.41 bits per heavy atom. The van der Waals surface area contributed by atoms with Gasteiger partial charge in [-0.2, -0.15) is 0 Å². The van der Waals surface area contributed by atoms with Gasteiger partial charge in [0.2, 0.25) is 5.91 Å². The van der Waals surface area contributed by atoms with Crippen molar-refractivity contribution >= 4 is 29.0 Å². The van der Waals surface area contributed by atoms with Gasteiger partial charge < -0.3 is 20.4 Å². The lowest BCUT2D eigenvalue weighted by Gasteiger charge is -2.22. The van der Waals surface area contributed by atoms with Gasteiger partial charge in [-0.05, 0) is 63.6 Å². The molecular formula is C23H30N4O2. The predicted molar refractivity (Wildman–Crippen MR) is 119 cm³/mol. The van der Waals surface area contributed by atoms with E-state index in [-0.39, 0.29) is 18.0 Å². The van der Waals surface area contributed by atoms with Crippen molar-refractivity contribution in [3.63, 3.8) is 0 Å². The molecule has 1 unspecified atom stereocenters. The number of nitrogens with one attached hydrogen (secondary N) is 2. The third-order valence-electron chi connectivity index (χ3n) is 5.39. The standard InChI is InChI=1S/C23H30N4O2/c1-5-26(6-2)20-11-12-21(17(4)13-20)25-23(29)24-18-14-22(28)27(15-18)19-9-7-16(3)8-10-19/h7-13,18H,5-6,14-15H2,1-4H3,(H2,24,25,29). The number of hydrogen-bond acceptors (Lipinski definition) is 3. The quantitative estimate of drug-likeness (QED) is 0.776. The second-order valence-corrected chi connectivity index (χ2v) is 7.51. The number of carbonyl (C=O) groups excluding carboxylic acids is 2. The van der Waals surface area contributed by atoms with Crippen molar-refractivity contribution in [3.8, 4) is 0 Å². The zero-order valence-electron chi connectivity index (χ0n) is 17.7. The van der Waals surface area contributed by atoms with Crippen LogP contribution in [0.15, 0.2) is 42.5 Å². The maximum absolute atomic E-state index is 12.5. The first-order valence-electron chi connectivity index (χ1n) is 10.2.